The largest absolute Gasteiger partial charge is 0.367 e. The number of hydrogen-bond acceptors (Lipinski definition) is 2. The van der Waals surface area contributed by atoms with Crippen molar-refractivity contribution >= 4 is 5.69 Å². The Kier molecular flexibility index (Phi) is 10.8. The predicted octanol–water partition coefficient (Wildman–Crippen LogP) is 5.43. The summed E-state index contributed by atoms with van der Waals surface area (Å²) in [6.07, 6.45) is 10.0. The monoisotopic (exact) mass is 336 g/mol. The maximum absolute atomic E-state index is 4.50. The molecule has 0 spiro atoms. The molecule has 0 aromatic heterocycles. The van der Waals surface area contributed by atoms with Crippen LogP contribution in [0.25, 0.3) is 0 Å². The van der Waals surface area contributed by atoms with E-state index in [4.69, 9.17) is 0 Å². The van der Waals surface area contributed by atoms with Crippen molar-refractivity contribution in [2.45, 2.75) is 26.8 Å². The van der Waals surface area contributed by atoms with Crippen LogP contribution in [0, 0.1) is 5.92 Å². The minimum Gasteiger partial charge on any atom is -0.367 e. The Hall–Kier alpha value is -2.32. The molecule has 0 saturated carbocycles. The second kappa shape index (κ2) is 13.0. The molecule has 2 nitrogen and oxygen atoms in total. The van der Waals surface area contributed by atoms with E-state index in [-0.39, 0.29) is 0 Å². The fourth-order valence-electron chi connectivity index (χ4n) is 2.75. The van der Waals surface area contributed by atoms with E-state index in [1.54, 1.807) is 0 Å². The normalized spacial score (nSPS) is 14.6. The molecule has 1 aliphatic carbocycles. The average Bonchev–Trinajstić information content (AvgIpc) is 2.73. The van der Waals surface area contributed by atoms with Crippen molar-refractivity contribution in [1.29, 1.82) is 0 Å². The molecule has 2 aromatic carbocycles. The van der Waals surface area contributed by atoms with Crippen LogP contribution in [-0.2, 0) is 6.54 Å². The third-order valence-electron chi connectivity index (χ3n) is 3.86. The van der Waals surface area contributed by atoms with E-state index in [0.29, 0.717) is 5.92 Å². The van der Waals surface area contributed by atoms with Gasteiger partial charge in [-0.3, -0.25) is 0 Å². The lowest BCUT2D eigenvalue weighted by Gasteiger charge is -2.28. The number of allylic oxidation sites excluding steroid dienone is 3. The summed E-state index contributed by atoms with van der Waals surface area (Å²) in [7, 11) is 1.50. The van der Waals surface area contributed by atoms with Crippen LogP contribution in [0.5, 0.6) is 0 Å². The predicted molar refractivity (Wildman–Crippen MR) is 112 cm³/mol. The van der Waals surface area contributed by atoms with Crippen molar-refractivity contribution in [2.75, 3.05) is 18.5 Å². The van der Waals surface area contributed by atoms with Gasteiger partial charge in [0.25, 0.3) is 0 Å². The number of nitrogens with zero attached hydrogens (tertiary/aromatic N) is 1. The first kappa shape index (κ1) is 20.7. The second-order valence-electron chi connectivity index (χ2n) is 5.51. The zero-order chi connectivity index (χ0) is 18.3. The number of rotatable bonds is 5. The highest BCUT2D eigenvalue weighted by Crippen LogP contribution is 2.21. The van der Waals surface area contributed by atoms with Crippen molar-refractivity contribution in [3.8, 4) is 0 Å². The number of hydrogen-bond donors (Lipinski definition) is 1. The molecule has 0 heterocycles. The molecule has 2 heteroatoms. The van der Waals surface area contributed by atoms with Gasteiger partial charge in [0.1, 0.15) is 0 Å². The summed E-state index contributed by atoms with van der Waals surface area (Å²) in [6, 6.07) is 21.4. The molecule has 1 aliphatic rings. The lowest BCUT2D eigenvalue weighted by Crippen LogP contribution is -2.28. The van der Waals surface area contributed by atoms with Gasteiger partial charge in [-0.1, -0.05) is 86.7 Å². The van der Waals surface area contributed by atoms with Gasteiger partial charge in [0.15, 0.2) is 0 Å². The van der Waals surface area contributed by atoms with Gasteiger partial charge < -0.3 is 10.6 Å². The SMILES string of the molecule is C1=CCC(CN(Cc2ccccc2)c2ccccc2)C=C1.CC.CN. The molecule has 1 unspecified atom stereocenters. The molecule has 0 saturated heterocycles. The molecule has 0 fully saturated rings. The standard InChI is InChI=1S/C20H21N.C2H6.CH5N/c1-4-10-18(11-5-1)16-21(20-14-8-3-9-15-20)17-19-12-6-2-7-13-19;2*1-2/h1-12,14-15,19H,13,16-17H2;1-2H3;2H2,1H3. The van der Waals surface area contributed by atoms with Gasteiger partial charge in [0.05, 0.1) is 0 Å². The second-order valence-corrected chi connectivity index (χ2v) is 5.51. The van der Waals surface area contributed by atoms with Gasteiger partial charge in [0, 0.05) is 18.8 Å². The Balaban J connectivity index is 0.000000730. The van der Waals surface area contributed by atoms with Crippen molar-refractivity contribution in [3.63, 3.8) is 0 Å². The van der Waals surface area contributed by atoms with E-state index in [9.17, 15) is 0 Å². The quantitative estimate of drug-likeness (QED) is 0.789. The maximum Gasteiger partial charge on any atom is 0.0429 e. The summed E-state index contributed by atoms with van der Waals surface area (Å²) < 4.78 is 0. The Morgan fingerprint density at radius 3 is 2.04 bits per heavy atom. The van der Waals surface area contributed by atoms with Crippen molar-refractivity contribution in [3.05, 3.63) is 90.5 Å². The van der Waals surface area contributed by atoms with Crippen molar-refractivity contribution < 1.29 is 0 Å². The molecule has 3 rings (SSSR count). The van der Waals surface area contributed by atoms with Gasteiger partial charge in [0.2, 0.25) is 0 Å². The van der Waals surface area contributed by atoms with Crippen molar-refractivity contribution in [2.24, 2.45) is 11.7 Å². The average molecular weight is 337 g/mol. The molecule has 134 valence electrons. The Morgan fingerprint density at radius 2 is 1.48 bits per heavy atom. The van der Waals surface area contributed by atoms with E-state index in [2.05, 4.69) is 95.6 Å². The van der Waals surface area contributed by atoms with Crippen molar-refractivity contribution in [1.82, 2.24) is 0 Å². The molecule has 0 amide bonds. The van der Waals surface area contributed by atoms with Gasteiger partial charge >= 0.3 is 0 Å². The van der Waals surface area contributed by atoms with Crippen LogP contribution < -0.4 is 10.6 Å². The van der Waals surface area contributed by atoms with E-state index >= 15 is 0 Å². The first-order chi connectivity index (χ1) is 12.4. The first-order valence-electron chi connectivity index (χ1n) is 9.17. The van der Waals surface area contributed by atoms with E-state index in [1.165, 1.54) is 18.3 Å². The molecule has 2 N–H and O–H groups in total. The van der Waals surface area contributed by atoms with Crippen LogP contribution in [0.15, 0.2) is 85.0 Å². The summed E-state index contributed by atoms with van der Waals surface area (Å²) >= 11 is 0. The highest BCUT2D eigenvalue weighted by atomic mass is 15.1. The molecule has 2 aromatic rings. The minimum absolute atomic E-state index is 0.596. The van der Waals surface area contributed by atoms with Crippen LogP contribution >= 0.6 is 0 Å². The van der Waals surface area contributed by atoms with Crippen LogP contribution in [0.2, 0.25) is 0 Å². The van der Waals surface area contributed by atoms with Crippen LogP contribution in [-0.4, -0.2) is 13.6 Å². The number of benzene rings is 2. The lowest BCUT2D eigenvalue weighted by atomic mass is 9.99. The Morgan fingerprint density at radius 1 is 0.880 bits per heavy atom. The van der Waals surface area contributed by atoms with E-state index in [0.717, 1.165) is 19.5 Å². The van der Waals surface area contributed by atoms with Crippen LogP contribution in [0.4, 0.5) is 5.69 Å². The first-order valence-corrected chi connectivity index (χ1v) is 9.17. The number of anilines is 1. The summed E-state index contributed by atoms with van der Waals surface area (Å²) in [6.45, 7) is 6.01. The molecule has 0 radical (unpaired) electrons. The van der Waals surface area contributed by atoms with Gasteiger partial charge in [-0.05, 0) is 37.1 Å². The van der Waals surface area contributed by atoms with E-state index in [1.807, 2.05) is 13.8 Å². The fraction of sp³-hybridized carbons (Fsp3) is 0.304. The molecular weight excluding hydrogens is 304 g/mol. The molecule has 0 bridgehead atoms. The topological polar surface area (TPSA) is 29.3 Å². The van der Waals surface area contributed by atoms with Crippen LogP contribution in [0.3, 0.4) is 0 Å². The molecule has 25 heavy (non-hydrogen) atoms. The highest BCUT2D eigenvalue weighted by Gasteiger charge is 2.13. The number of para-hydroxylation sites is 1. The Bertz CT molecular complexity index is 603. The number of nitrogens with two attached hydrogens (primary N) is 1. The third-order valence-corrected chi connectivity index (χ3v) is 3.86. The lowest BCUT2D eigenvalue weighted by molar-refractivity contribution is 0.615. The van der Waals surface area contributed by atoms with Gasteiger partial charge in [-0.15, -0.1) is 0 Å². The zero-order valence-corrected chi connectivity index (χ0v) is 15.8. The molecular formula is C23H32N2. The highest BCUT2D eigenvalue weighted by molar-refractivity contribution is 5.47. The zero-order valence-electron chi connectivity index (χ0n) is 15.8. The van der Waals surface area contributed by atoms with Crippen LogP contribution in [0.1, 0.15) is 25.8 Å². The summed E-state index contributed by atoms with van der Waals surface area (Å²) in [5.74, 6) is 0.596. The fourth-order valence-corrected chi connectivity index (χ4v) is 2.75. The van der Waals surface area contributed by atoms with E-state index < -0.39 is 0 Å². The summed E-state index contributed by atoms with van der Waals surface area (Å²) in [5.41, 5.74) is 7.15. The van der Waals surface area contributed by atoms with Gasteiger partial charge in [-0.2, -0.15) is 0 Å². The third kappa shape index (κ3) is 7.40. The minimum atomic E-state index is 0.596. The summed E-state index contributed by atoms with van der Waals surface area (Å²) in [5, 5.41) is 0. The maximum atomic E-state index is 4.50. The van der Waals surface area contributed by atoms with Gasteiger partial charge in [-0.25, -0.2) is 0 Å². The Labute approximate surface area is 153 Å². The molecule has 1 atom stereocenters. The smallest absolute Gasteiger partial charge is 0.0429 e. The summed E-state index contributed by atoms with van der Waals surface area (Å²) in [4.78, 5) is 2.48. The molecule has 0 aliphatic heterocycles.